The molecule has 1 fully saturated rings. The van der Waals surface area contributed by atoms with Crippen molar-refractivity contribution in [2.45, 2.75) is 37.8 Å². The Kier molecular flexibility index (Phi) is 6.37. The molecular formula is C11H21NO4. The number of methoxy groups -OCH3 is 1. The summed E-state index contributed by atoms with van der Waals surface area (Å²) >= 11 is 0. The summed E-state index contributed by atoms with van der Waals surface area (Å²) in [5.74, 6) is -0.341. The highest BCUT2D eigenvalue weighted by Crippen LogP contribution is 2.12. The van der Waals surface area contributed by atoms with E-state index in [1.807, 2.05) is 0 Å². The van der Waals surface area contributed by atoms with E-state index in [1.54, 1.807) is 7.11 Å². The molecule has 0 bridgehead atoms. The van der Waals surface area contributed by atoms with Gasteiger partial charge in [-0.15, -0.1) is 0 Å². The van der Waals surface area contributed by atoms with E-state index in [4.69, 9.17) is 19.9 Å². The van der Waals surface area contributed by atoms with Crippen molar-refractivity contribution in [3.05, 3.63) is 0 Å². The average Bonchev–Trinajstić information content (AvgIpc) is 2.79. The van der Waals surface area contributed by atoms with Gasteiger partial charge in [-0.2, -0.15) is 0 Å². The van der Waals surface area contributed by atoms with Crippen LogP contribution < -0.4 is 5.73 Å². The summed E-state index contributed by atoms with van der Waals surface area (Å²) < 4.78 is 15.3. The Labute approximate surface area is 96.2 Å². The van der Waals surface area contributed by atoms with E-state index >= 15 is 0 Å². The van der Waals surface area contributed by atoms with E-state index in [0.717, 1.165) is 25.9 Å². The zero-order chi connectivity index (χ0) is 11.8. The largest absolute Gasteiger partial charge is 0.462 e. The number of hydrogen-bond acceptors (Lipinski definition) is 5. The van der Waals surface area contributed by atoms with Gasteiger partial charge in [0.1, 0.15) is 12.6 Å². The summed E-state index contributed by atoms with van der Waals surface area (Å²) in [6.07, 6.45) is 3.44. The molecular weight excluding hydrogens is 210 g/mol. The van der Waals surface area contributed by atoms with Crippen LogP contribution in [-0.2, 0) is 19.0 Å². The van der Waals surface area contributed by atoms with Crippen molar-refractivity contribution in [1.82, 2.24) is 0 Å². The maximum Gasteiger partial charge on any atom is 0.323 e. The SMILES string of the molecule is COCCCC(N)C(=O)OCC1CCCO1. The van der Waals surface area contributed by atoms with Gasteiger partial charge >= 0.3 is 5.97 Å². The minimum absolute atomic E-state index is 0.0649. The molecule has 1 heterocycles. The number of carbonyl (C=O) groups is 1. The number of nitrogens with two attached hydrogens (primary N) is 1. The molecule has 94 valence electrons. The first-order valence-electron chi connectivity index (χ1n) is 5.76. The summed E-state index contributed by atoms with van der Waals surface area (Å²) in [4.78, 5) is 11.5. The molecule has 0 amide bonds. The molecule has 1 saturated heterocycles. The Hall–Kier alpha value is -0.650. The van der Waals surface area contributed by atoms with Crippen LogP contribution in [0.4, 0.5) is 0 Å². The van der Waals surface area contributed by atoms with E-state index in [0.29, 0.717) is 19.6 Å². The third kappa shape index (κ3) is 4.92. The molecule has 1 aliphatic heterocycles. The Bertz CT molecular complexity index is 204. The van der Waals surface area contributed by atoms with Crippen molar-refractivity contribution in [2.75, 3.05) is 26.9 Å². The zero-order valence-electron chi connectivity index (χ0n) is 9.81. The number of rotatable bonds is 7. The van der Waals surface area contributed by atoms with Gasteiger partial charge in [0.2, 0.25) is 0 Å². The second kappa shape index (κ2) is 7.60. The van der Waals surface area contributed by atoms with Crippen LogP contribution in [0.5, 0.6) is 0 Å². The molecule has 5 nitrogen and oxygen atoms in total. The lowest BCUT2D eigenvalue weighted by Crippen LogP contribution is -2.34. The molecule has 0 spiro atoms. The number of hydrogen-bond donors (Lipinski definition) is 1. The highest BCUT2D eigenvalue weighted by atomic mass is 16.6. The maximum absolute atomic E-state index is 11.5. The van der Waals surface area contributed by atoms with Crippen LogP contribution in [0.3, 0.4) is 0 Å². The molecule has 2 unspecified atom stereocenters. The van der Waals surface area contributed by atoms with Gasteiger partial charge in [0.15, 0.2) is 0 Å². The molecule has 0 aromatic rings. The van der Waals surface area contributed by atoms with E-state index in [2.05, 4.69) is 0 Å². The fourth-order valence-electron chi connectivity index (χ4n) is 1.62. The van der Waals surface area contributed by atoms with Gasteiger partial charge in [0.25, 0.3) is 0 Å². The second-order valence-electron chi connectivity index (χ2n) is 4.01. The Morgan fingerprint density at radius 2 is 2.44 bits per heavy atom. The minimum Gasteiger partial charge on any atom is -0.462 e. The molecule has 5 heteroatoms. The van der Waals surface area contributed by atoms with Gasteiger partial charge in [-0.05, 0) is 25.7 Å². The first-order chi connectivity index (χ1) is 7.74. The van der Waals surface area contributed by atoms with Gasteiger partial charge < -0.3 is 19.9 Å². The third-order valence-electron chi connectivity index (χ3n) is 2.60. The lowest BCUT2D eigenvalue weighted by Gasteiger charge is -2.13. The van der Waals surface area contributed by atoms with Crippen LogP contribution in [0.15, 0.2) is 0 Å². The quantitative estimate of drug-likeness (QED) is 0.509. The van der Waals surface area contributed by atoms with Crippen LogP contribution in [0, 0.1) is 0 Å². The Morgan fingerprint density at radius 1 is 1.62 bits per heavy atom. The number of ether oxygens (including phenoxy) is 3. The second-order valence-corrected chi connectivity index (χ2v) is 4.01. The third-order valence-corrected chi connectivity index (χ3v) is 2.60. The lowest BCUT2D eigenvalue weighted by molar-refractivity contribution is -0.148. The van der Waals surface area contributed by atoms with Crippen molar-refractivity contribution in [1.29, 1.82) is 0 Å². The zero-order valence-corrected chi connectivity index (χ0v) is 9.81. The van der Waals surface area contributed by atoms with Crippen molar-refractivity contribution < 1.29 is 19.0 Å². The van der Waals surface area contributed by atoms with Crippen molar-refractivity contribution in [2.24, 2.45) is 5.73 Å². The van der Waals surface area contributed by atoms with Crippen LogP contribution in [-0.4, -0.2) is 45.0 Å². The van der Waals surface area contributed by atoms with Gasteiger partial charge in [-0.25, -0.2) is 0 Å². The average molecular weight is 231 g/mol. The first-order valence-corrected chi connectivity index (χ1v) is 5.76. The van der Waals surface area contributed by atoms with Crippen LogP contribution in [0.25, 0.3) is 0 Å². The Balaban J connectivity index is 2.08. The van der Waals surface area contributed by atoms with E-state index in [-0.39, 0.29) is 12.1 Å². The smallest absolute Gasteiger partial charge is 0.323 e. The molecule has 0 aromatic heterocycles. The van der Waals surface area contributed by atoms with E-state index < -0.39 is 6.04 Å². The van der Waals surface area contributed by atoms with E-state index in [9.17, 15) is 4.79 Å². The van der Waals surface area contributed by atoms with Crippen LogP contribution in [0.1, 0.15) is 25.7 Å². The summed E-state index contributed by atoms with van der Waals surface area (Å²) in [5.41, 5.74) is 5.67. The van der Waals surface area contributed by atoms with Gasteiger partial charge in [-0.3, -0.25) is 4.79 Å². The standard InChI is InChI=1S/C11H21NO4/c1-14-6-3-5-10(12)11(13)16-8-9-4-2-7-15-9/h9-10H,2-8,12H2,1H3. The Morgan fingerprint density at radius 3 is 3.06 bits per heavy atom. The lowest BCUT2D eigenvalue weighted by atomic mass is 10.2. The highest BCUT2D eigenvalue weighted by molar-refractivity contribution is 5.75. The summed E-state index contributed by atoms with van der Waals surface area (Å²) in [7, 11) is 1.63. The molecule has 0 saturated carbocycles. The molecule has 2 atom stereocenters. The number of carbonyl (C=O) groups excluding carboxylic acids is 1. The number of esters is 1. The predicted octanol–water partition coefficient (Wildman–Crippen LogP) is 0.463. The van der Waals surface area contributed by atoms with Gasteiger partial charge in [-0.1, -0.05) is 0 Å². The maximum atomic E-state index is 11.5. The molecule has 0 aromatic carbocycles. The first kappa shape index (κ1) is 13.4. The van der Waals surface area contributed by atoms with Gasteiger partial charge in [0.05, 0.1) is 6.10 Å². The molecule has 1 aliphatic rings. The van der Waals surface area contributed by atoms with Crippen LogP contribution >= 0.6 is 0 Å². The fourth-order valence-corrected chi connectivity index (χ4v) is 1.62. The van der Waals surface area contributed by atoms with E-state index in [1.165, 1.54) is 0 Å². The van der Waals surface area contributed by atoms with Crippen molar-refractivity contribution in [3.8, 4) is 0 Å². The van der Waals surface area contributed by atoms with Crippen molar-refractivity contribution in [3.63, 3.8) is 0 Å². The molecule has 1 rings (SSSR count). The van der Waals surface area contributed by atoms with Crippen LogP contribution in [0.2, 0.25) is 0 Å². The topological polar surface area (TPSA) is 70.8 Å². The molecule has 16 heavy (non-hydrogen) atoms. The molecule has 0 aliphatic carbocycles. The molecule has 2 N–H and O–H groups in total. The fraction of sp³-hybridized carbons (Fsp3) is 0.909. The normalized spacial score (nSPS) is 22.0. The summed E-state index contributed by atoms with van der Waals surface area (Å²) in [5, 5.41) is 0. The summed E-state index contributed by atoms with van der Waals surface area (Å²) in [6.45, 7) is 1.71. The molecule has 0 radical (unpaired) electrons. The monoisotopic (exact) mass is 231 g/mol. The van der Waals surface area contributed by atoms with Crippen molar-refractivity contribution >= 4 is 5.97 Å². The highest BCUT2D eigenvalue weighted by Gasteiger charge is 2.20. The minimum atomic E-state index is -0.545. The van der Waals surface area contributed by atoms with Gasteiger partial charge in [0, 0.05) is 20.3 Å². The predicted molar refractivity (Wildman–Crippen MR) is 59.0 cm³/mol. The summed E-state index contributed by atoms with van der Waals surface area (Å²) in [6, 6.07) is -0.545.